The van der Waals surface area contributed by atoms with Crippen molar-refractivity contribution in [2.75, 3.05) is 19.4 Å². The summed E-state index contributed by atoms with van der Waals surface area (Å²) in [6.45, 7) is 1.40. The van der Waals surface area contributed by atoms with Gasteiger partial charge >= 0.3 is 0 Å². The van der Waals surface area contributed by atoms with Crippen LogP contribution >= 0.6 is 15.9 Å². The van der Waals surface area contributed by atoms with Crippen LogP contribution in [0, 0.1) is 0 Å². The SMILES string of the molecule is COc1cc(Br)c(N)cc1S(=O)(=O)NC[C@H](C)O. The number of ether oxygens (including phenoxy) is 1. The molecule has 1 atom stereocenters. The summed E-state index contributed by atoms with van der Waals surface area (Å²) in [6.07, 6.45) is -0.779. The van der Waals surface area contributed by atoms with E-state index < -0.39 is 16.1 Å². The van der Waals surface area contributed by atoms with E-state index in [2.05, 4.69) is 20.7 Å². The van der Waals surface area contributed by atoms with Crippen LogP contribution in [0.1, 0.15) is 6.92 Å². The van der Waals surface area contributed by atoms with Crippen molar-refractivity contribution in [3.05, 3.63) is 16.6 Å². The van der Waals surface area contributed by atoms with Crippen molar-refractivity contribution in [1.29, 1.82) is 0 Å². The first-order valence-corrected chi connectivity index (χ1v) is 7.36. The number of halogens is 1. The third kappa shape index (κ3) is 3.58. The number of hydrogen-bond acceptors (Lipinski definition) is 5. The summed E-state index contributed by atoms with van der Waals surface area (Å²) < 4.78 is 31.8. The highest BCUT2D eigenvalue weighted by atomic mass is 79.9. The zero-order valence-corrected chi connectivity index (χ0v) is 12.4. The van der Waals surface area contributed by atoms with Crippen molar-refractivity contribution in [2.45, 2.75) is 17.9 Å². The van der Waals surface area contributed by atoms with Crippen LogP contribution in [0.2, 0.25) is 0 Å². The van der Waals surface area contributed by atoms with Gasteiger partial charge in [-0.3, -0.25) is 0 Å². The molecule has 8 heteroatoms. The van der Waals surface area contributed by atoms with Crippen molar-refractivity contribution < 1.29 is 18.3 Å². The van der Waals surface area contributed by atoms with Gasteiger partial charge in [-0.2, -0.15) is 0 Å². The summed E-state index contributed by atoms with van der Waals surface area (Å²) in [5.41, 5.74) is 5.94. The van der Waals surface area contributed by atoms with Crippen molar-refractivity contribution in [1.82, 2.24) is 4.72 Å². The normalized spacial score (nSPS) is 13.3. The number of rotatable bonds is 5. The standard InChI is InChI=1S/C10H15BrN2O4S/c1-6(14)5-13-18(15,16)10-4-8(12)7(11)3-9(10)17-2/h3-4,6,13-14H,5,12H2,1-2H3/t6-/m0/s1. The molecule has 0 aliphatic carbocycles. The Hall–Kier alpha value is -0.830. The highest BCUT2D eigenvalue weighted by Crippen LogP contribution is 2.32. The van der Waals surface area contributed by atoms with Gasteiger partial charge in [0, 0.05) is 16.7 Å². The number of nitrogens with one attached hydrogen (secondary N) is 1. The van der Waals surface area contributed by atoms with Crippen LogP contribution in [0.15, 0.2) is 21.5 Å². The van der Waals surface area contributed by atoms with E-state index >= 15 is 0 Å². The molecule has 1 rings (SSSR count). The zero-order valence-electron chi connectivity index (χ0n) is 9.97. The van der Waals surface area contributed by atoms with Crippen LogP contribution in [0.3, 0.4) is 0 Å². The minimum atomic E-state index is -3.77. The van der Waals surface area contributed by atoms with Gasteiger partial charge in [0.2, 0.25) is 10.0 Å². The molecule has 1 aromatic carbocycles. The van der Waals surface area contributed by atoms with E-state index in [1.807, 2.05) is 0 Å². The molecule has 0 aromatic heterocycles. The van der Waals surface area contributed by atoms with Crippen LogP contribution in [-0.2, 0) is 10.0 Å². The number of aliphatic hydroxyl groups is 1. The third-order valence-corrected chi connectivity index (χ3v) is 4.27. The molecule has 6 nitrogen and oxygen atoms in total. The lowest BCUT2D eigenvalue weighted by Crippen LogP contribution is -2.31. The van der Waals surface area contributed by atoms with Crippen LogP contribution in [0.25, 0.3) is 0 Å². The van der Waals surface area contributed by atoms with E-state index in [-0.39, 0.29) is 22.9 Å². The van der Waals surface area contributed by atoms with Gasteiger partial charge in [0.15, 0.2) is 0 Å². The van der Waals surface area contributed by atoms with Gasteiger partial charge in [0.25, 0.3) is 0 Å². The molecule has 0 aliphatic rings. The van der Waals surface area contributed by atoms with Crippen LogP contribution in [0.4, 0.5) is 5.69 Å². The van der Waals surface area contributed by atoms with Crippen molar-refractivity contribution in [3.8, 4) is 5.75 Å². The number of hydrogen-bond donors (Lipinski definition) is 3. The number of nitrogen functional groups attached to an aromatic ring is 1. The maximum Gasteiger partial charge on any atom is 0.244 e. The number of aliphatic hydroxyl groups excluding tert-OH is 1. The van der Waals surface area contributed by atoms with E-state index in [1.165, 1.54) is 26.2 Å². The van der Waals surface area contributed by atoms with Gasteiger partial charge in [-0.1, -0.05) is 0 Å². The predicted octanol–water partition coefficient (Wildman–Crippen LogP) is 0.699. The van der Waals surface area contributed by atoms with Gasteiger partial charge in [-0.25, -0.2) is 13.1 Å². The molecule has 0 amide bonds. The zero-order chi connectivity index (χ0) is 13.9. The first-order valence-electron chi connectivity index (χ1n) is 5.08. The summed E-state index contributed by atoms with van der Waals surface area (Å²) >= 11 is 3.19. The van der Waals surface area contributed by atoms with Crippen LogP contribution < -0.4 is 15.2 Å². The molecule has 4 N–H and O–H groups in total. The highest BCUT2D eigenvalue weighted by molar-refractivity contribution is 9.10. The summed E-state index contributed by atoms with van der Waals surface area (Å²) in [5, 5.41) is 9.10. The molecule has 0 saturated carbocycles. The maximum atomic E-state index is 12.0. The fraction of sp³-hybridized carbons (Fsp3) is 0.400. The Morgan fingerprint density at radius 3 is 2.67 bits per heavy atom. The van der Waals surface area contributed by atoms with Gasteiger partial charge in [0.1, 0.15) is 10.6 Å². The molecule has 102 valence electrons. The van der Waals surface area contributed by atoms with Gasteiger partial charge in [-0.15, -0.1) is 0 Å². The lowest BCUT2D eigenvalue weighted by atomic mass is 10.3. The third-order valence-electron chi connectivity index (χ3n) is 2.14. The molecular weight excluding hydrogens is 324 g/mol. The summed E-state index contributed by atoms with van der Waals surface area (Å²) in [6, 6.07) is 2.78. The van der Waals surface area contributed by atoms with Gasteiger partial charge in [-0.05, 0) is 35.0 Å². The minimum absolute atomic E-state index is 0.0636. The maximum absolute atomic E-state index is 12.0. The van der Waals surface area contributed by atoms with Crippen LogP contribution in [0.5, 0.6) is 5.75 Å². The summed E-state index contributed by atoms with van der Waals surface area (Å²) in [5.74, 6) is 0.175. The minimum Gasteiger partial charge on any atom is -0.495 e. The van der Waals surface area contributed by atoms with Gasteiger partial charge < -0.3 is 15.6 Å². The highest BCUT2D eigenvalue weighted by Gasteiger charge is 2.21. The lowest BCUT2D eigenvalue weighted by Gasteiger charge is -2.13. The fourth-order valence-corrected chi connectivity index (χ4v) is 2.86. The average Bonchev–Trinajstić information content (AvgIpc) is 2.29. The molecule has 0 saturated heterocycles. The Morgan fingerprint density at radius 2 is 2.17 bits per heavy atom. The number of benzene rings is 1. The second kappa shape index (κ2) is 5.87. The summed E-state index contributed by atoms with van der Waals surface area (Å²) in [7, 11) is -2.41. The van der Waals surface area contributed by atoms with E-state index in [1.54, 1.807) is 0 Å². The summed E-state index contributed by atoms with van der Waals surface area (Å²) in [4.78, 5) is -0.0636. The molecule has 0 radical (unpaired) electrons. The number of nitrogens with two attached hydrogens (primary N) is 1. The largest absolute Gasteiger partial charge is 0.495 e. The Morgan fingerprint density at radius 1 is 1.56 bits per heavy atom. The van der Waals surface area contributed by atoms with E-state index in [0.29, 0.717) is 4.47 Å². The van der Waals surface area contributed by atoms with E-state index in [0.717, 1.165) is 0 Å². The van der Waals surface area contributed by atoms with E-state index in [9.17, 15) is 8.42 Å². The number of anilines is 1. The van der Waals surface area contributed by atoms with E-state index in [4.69, 9.17) is 15.6 Å². The van der Waals surface area contributed by atoms with Crippen molar-refractivity contribution >= 4 is 31.6 Å². The number of methoxy groups -OCH3 is 1. The smallest absolute Gasteiger partial charge is 0.244 e. The molecule has 0 unspecified atom stereocenters. The van der Waals surface area contributed by atoms with Gasteiger partial charge in [0.05, 0.1) is 13.2 Å². The second-order valence-corrected chi connectivity index (χ2v) is 6.32. The molecule has 0 fully saturated rings. The topological polar surface area (TPSA) is 102 Å². The molecule has 0 aliphatic heterocycles. The van der Waals surface area contributed by atoms with Crippen molar-refractivity contribution in [2.24, 2.45) is 0 Å². The Bertz CT molecular complexity index is 531. The molecular formula is C10H15BrN2O4S. The quantitative estimate of drug-likeness (QED) is 0.686. The Balaban J connectivity index is 3.19. The Kier molecular flexibility index (Phi) is 4.97. The molecule has 18 heavy (non-hydrogen) atoms. The molecule has 0 heterocycles. The average molecular weight is 339 g/mol. The number of sulfonamides is 1. The molecule has 0 bridgehead atoms. The molecule has 1 aromatic rings. The first kappa shape index (κ1) is 15.2. The lowest BCUT2D eigenvalue weighted by molar-refractivity contribution is 0.198. The van der Waals surface area contributed by atoms with Crippen LogP contribution in [-0.4, -0.2) is 33.3 Å². The monoisotopic (exact) mass is 338 g/mol. The Labute approximate surface area is 114 Å². The first-order chi connectivity index (χ1) is 8.27. The van der Waals surface area contributed by atoms with Crippen molar-refractivity contribution in [3.63, 3.8) is 0 Å². The molecule has 0 spiro atoms. The fourth-order valence-electron chi connectivity index (χ4n) is 1.23. The predicted molar refractivity (Wildman–Crippen MR) is 72.0 cm³/mol. The second-order valence-electron chi connectivity index (χ2n) is 3.73.